The maximum absolute atomic E-state index is 13.9. The number of hydrogen-bond acceptors (Lipinski definition) is 16. The summed E-state index contributed by atoms with van der Waals surface area (Å²) in [5.74, 6) is -13.5. The highest BCUT2D eigenvalue weighted by molar-refractivity contribution is 7.86. The summed E-state index contributed by atoms with van der Waals surface area (Å²) in [5.41, 5.74) is 3.02. The second-order valence-electron chi connectivity index (χ2n) is 23.0. The summed E-state index contributed by atoms with van der Waals surface area (Å²) < 4.78 is 70.1. The van der Waals surface area contributed by atoms with Crippen LogP contribution in [0, 0.1) is 0 Å². The molecule has 0 saturated carbocycles. The van der Waals surface area contributed by atoms with Gasteiger partial charge < -0.3 is 62.3 Å². The Morgan fingerprint density at radius 3 is 1.32 bits per heavy atom. The van der Waals surface area contributed by atoms with Crippen LogP contribution >= 0.6 is 0 Å². The normalized spacial score (nSPS) is 16.2. The Bertz CT molecular complexity index is 3590. The van der Waals surface area contributed by atoms with Crippen molar-refractivity contribution in [2.24, 2.45) is 0 Å². The van der Waals surface area contributed by atoms with E-state index in [1.165, 1.54) is 31.3 Å². The third-order valence-corrected chi connectivity index (χ3v) is 17.2. The van der Waals surface area contributed by atoms with Crippen molar-refractivity contribution >= 4 is 103 Å². The first-order chi connectivity index (χ1) is 43.4. The second-order valence-corrected chi connectivity index (χ2v) is 25.8. The molecule has 0 unspecified atom stereocenters. The van der Waals surface area contributed by atoms with E-state index in [9.17, 15) is 99.1 Å². The molecule has 32 heteroatoms. The van der Waals surface area contributed by atoms with Crippen molar-refractivity contribution in [3.8, 4) is 0 Å². The molecule has 2 aromatic rings. The van der Waals surface area contributed by atoms with Crippen LogP contribution in [0.25, 0.3) is 0 Å². The SMILES string of the molecule is CC[N+]1=C(/C=C/C=C/C=C/C=C2/N(CCCCCC(=O)N[C@H](CCC(=O)O)C(=O)N[C@H](CCC(=O)O)C(=O)N[C@H](CCC(=O)O)C(=O)N[C@H](CCC(=O)O)C(=O)N[C@H](CCC(=O)O)C(=O)NC)c3ccc(S(=O)(=O)O)cc3C2(C)C)C(C)(C)c2cc(S(=O)(=O)O)ccc21. The van der Waals surface area contributed by atoms with Gasteiger partial charge in [0.25, 0.3) is 20.2 Å². The highest BCUT2D eigenvalue weighted by Crippen LogP contribution is 2.49. The van der Waals surface area contributed by atoms with E-state index in [4.69, 9.17) is 5.11 Å². The lowest BCUT2D eigenvalue weighted by Gasteiger charge is -2.27. The molecular formula is C61H81N8O22S2+. The molecule has 13 N–H and O–H groups in total. The quantitative estimate of drug-likeness (QED) is 0.0199. The van der Waals surface area contributed by atoms with Crippen molar-refractivity contribution in [1.82, 2.24) is 31.9 Å². The van der Waals surface area contributed by atoms with Crippen LogP contribution in [0.5, 0.6) is 0 Å². The Balaban J connectivity index is 1.49. The topological polar surface area (TPSA) is 476 Å². The number of carboxylic acid groups (broad SMARTS) is 5. The molecule has 2 aromatic carbocycles. The highest BCUT2D eigenvalue weighted by atomic mass is 32.2. The number of aliphatic carboxylic acids is 5. The van der Waals surface area contributed by atoms with E-state index < -0.39 is 191 Å². The number of benzene rings is 2. The van der Waals surface area contributed by atoms with Gasteiger partial charge in [-0.25, -0.2) is 0 Å². The highest BCUT2D eigenvalue weighted by Gasteiger charge is 2.45. The minimum atomic E-state index is -4.59. The van der Waals surface area contributed by atoms with E-state index in [1.807, 2.05) is 57.7 Å². The van der Waals surface area contributed by atoms with E-state index in [1.54, 1.807) is 36.4 Å². The van der Waals surface area contributed by atoms with Gasteiger partial charge in [-0.05, 0) is 108 Å². The minimum Gasteiger partial charge on any atom is -0.481 e. The fourth-order valence-corrected chi connectivity index (χ4v) is 11.7. The molecule has 5 atom stereocenters. The van der Waals surface area contributed by atoms with Crippen molar-refractivity contribution in [1.29, 1.82) is 0 Å². The molecule has 93 heavy (non-hydrogen) atoms. The number of fused-ring (bicyclic) bond motifs is 2. The summed E-state index contributed by atoms with van der Waals surface area (Å²) in [7, 11) is -7.83. The van der Waals surface area contributed by atoms with Crippen molar-refractivity contribution in [2.75, 3.05) is 25.0 Å². The van der Waals surface area contributed by atoms with E-state index in [2.05, 4.69) is 36.5 Å². The average Bonchev–Trinajstić information content (AvgIpc) is 1.60. The summed E-state index contributed by atoms with van der Waals surface area (Å²) >= 11 is 0. The molecule has 2 aliphatic heterocycles. The predicted octanol–water partition coefficient (Wildman–Crippen LogP) is 2.98. The number of amides is 6. The Morgan fingerprint density at radius 1 is 0.505 bits per heavy atom. The van der Waals surface area contributed by atoms with Crippen molar-refractivity contribution in [2.45, 2.75) is 175 Å². The number of likely N-dealkylation sites (N-methyl/N-ethyl adjacent to an activating group) is 1. The van der Waals surface area contributed by atoms with Gasteiger partial charge >= 0.3 is 29.8 Å². The zero-order valence-electron chi connectivity index (χ0n) is 52.2. The lowest BCUT2D eigenvalue weighted by atomic mass is 9.81. The number of allylic oxidation sites excluding steroid dienone is 8. The van der Waals surface area contributed by atoms with Crippen molar-refractivity contribution in [3.05, 3.63) is 95.8 Å². The first kappa shape index (κ1) is 76.3. The molecule has 6 amide bonds. The van der Waals surface area contributed by atoms with Crippen LogP contribution in [0.1, 0.15) is 136 Å². The lowest BCUT2D eigenvalue weighted by molar-refractivity contribution is -0.433. The molecular weight excluding hydrogens is 1260 g/mol. The standard InChI is InChI=1S/C61H80N8O22S2/c1-7-68-45-26-19-36(92(86,87)88)34-38(45)60(2,3)47(68)16-12-9-8-10-13-17-48-61(4,5)39-35-37(93(89,90)91)20-27-46(39)69(48)33-15-11-14-18-49(70)63-41(22-29-51(73)74)56(82)65-43(24-31-53(77)78)58(84)67-44(25-32-54(79)80)59(85)66-42(23-30-52(75)76)57(83)64-40(55(81)62-6)21-28-50(71)72/h8-10,12-13,16-17,19-20,26-27,34-35,40-44H,7,11,14-15,18,21-25,28-33H2,1-6H3,(H12-,62,63,64,65,66,67,70,71,72,73,74,75,76,77,78,79,80,81,82,83,84,85,86,87,88,89,90,91)/p+1/t40-,41-,42-,43-,44-/m1/s1. The van der Waals surface area contributed by atoms with Crippen LogP contribution in [0.4, 0.5) is 11.4 Å². The number of rotatable bonds is 38. The third kappa shape index (κ3) is 22.3. The van der Waals surface area contributed by atoms with Crippen molar-refractivity contribution in [3.63, 3.8) is 0 Å². The number of anilines is 1. The zero-order valence-corrected chi connectivity index (χ0v) is 53.8. The summed E-state index contributed by atoms with van der Waals surface area (Å²) in [6.07, 6.45) is 7.02. The summed E-state index contributed by atoms with van der Waals surface area (Å²) in [6.45, 7) is 10.6. The molecule has 4 rings (SSSR count). The summed E-state index contributed by atoms with van der Waals surface area (Å²) in [6, 6.07) is 0.112. The molecule has 0 fully saturated rings. The number of carboxylic acids is 5. The lowest BCUT2D eigenvalue weighted by Crippen LogP contribution is -2.59. The number of nitrogens with zero attached hydrogens (tertiary/aromatic N) is 2. The van der Waals surface area contributed by atoms with Gasteiger partial charge in [-0.15, -0.1) is 0 Å². The smallest absolute Gasteiger partial charge is 0.303 e. The molecule has 508 valence electrons. The summed E-state index contributed by atoms with van der Waals surface area (Å²) in [5, 5.41) is 60.7. The van der Waals surface area contributed by atoms with Gasteiger partial charge in [-0.1, -0.05) is 50.6 Å². The maximum atomic E-state index is 13.9. The molecule has 2 aliphatic rings. The zero-order chi connectivity index (χ0) is 69.8. The van der Waals surface area contributed by atoms with Gasteiger partial charge in [0.15, 0.2) is 5.71 Å². The van der Waals surface area contributed by atoms with Crippen LogP contribution in [0.15, 0.2) is 94.4 Å². The largest absolute Gasteiger partial charge is 0.481 e. The molecule has 0 aromatic heterocycles. The molecule has 0 radical (unpaired) electrons. The number of nitrogens with one attached hydrogen (secondary N) is 6. The van der Waals surface area contributed by atoms with Gasteiger partial charge in [-0.3, -0.25) is 61.8 Å². The maximum Gasteiger partial charge on any atom is 0.303 e. The Morgan fingerprint density at radius 2 is 0.903 bits per heavy atom. The number of carbonyl (C=O) groups excluding carboxylic acids is 6. The Kier molecular flexibility index (Phi) is 27.9. The average molecular weight is 1340 g/mol. The van der Waals surface area contributed by atoms with Gasteiger partial charge in [-0.2, -0.15) is 21.4 Å². The predicted molar refractivity (Wildman–Crippen MR) is 333 cm³/mol. The Hall–Kier alpha value is -9.14. The molecule has 0 aliphatic carbocycles. The fraction of sp³-hybridized carbons (Fsp3) is 0.475. The second kappa shape index (κ2) is 34.0. The fourth-order valence-electron chi connectivity index (χ4n) is 10.6. The van der Waals surface area contributed by atoms with E-state index in [0.29, 0.717) is 37.2 Å². The number of hydrogen-bond donors (Lipinski definition) is 13. The molecule has 0 bridgehead atoms. The monoisotopic (exact) mass is 1340 g/mol. The molecule has 2 heterocycles. The molecule has 0 saturated heterocycles. The van der Waals surface area contributed by atoms with Gasteiger partial charge in [0.1, 0.15) is 36.8 Å². The van der Waals surface area contributed by atoms with Crippen LogP contribution in [0.2, 0.25) is 0 Å². The first-order valence-electron chi connectivity index (χ1n) is 29.6. The third-order valence-electron chi connectivity index (χ3n) is 15.5. The van der Waals surface area contributed by atoms with Crippen LogP contribution < -0.4 is 36.8 Å². The van der Waals surface area contributed by atoms with Gasteiger partial charge in [0.05, 0.1) is 15.2 Å². The van der Waals surface area contributed by atoms with Crippen LogP contribution in [-0.2, 0) is 83.8 Å². The van der Waals surface area contributed by atoms with Crippen LogP contribution in [0.3, 0.4) is 0 Å². The van der Waals surface area contributed by atoms with Gasteiger partial charge in [0, 0.05) is 86.6 Å². The summed E-state index contributed by atoms with van der Waals surface area (Å²) in [4.78, 5) is 140. The van der Waals surface area contributed by atoms with Crippen molar-refractivity contribution < 1.29 is 109 Å². The van der Waals surface area contributed by atoms with E-state index in [-0.39, 0.29) is 22.6 Å². The van der Waals surface area contributed by atoms with Crippen LogP contribution in [-0.4, -0.2) is 177 Å². The first-order valence-corrected chi connectivity index (χ1v) is 32.5. The van der Waals surface area contributed by atoms with E-state index in [0.717, 1.165) is 22.7 Å². The van der Waals surface area contributed by atoms with Gasteiger partial charge in [0.2, 0.25) is 41.1 Å². The van der Waals surface area contributed by atoms with E-state index >= 15 is 0 Å². The molecule has 0 spiro atoms. The minimum absolute atomic E-state index is 0.205. The number of unbranched alkanes of at least 4 members (excludes halogenated alkanes) is 2. The Labute approximate surface area is 537 Å². The number of carbonyl (C=O) groups is 11. The molecule has 30 nitrogen and oxygen atoms in total.